The number of nitrogens with two attached hydrogens (primary N) is 1. The summed E-state index contributed by atoms with van der Waals surface area (Å²) in [6.07, 6.45) is 4.64. The number of rotatable bonds is 3. The Balaban J connectivity index is 2.38. The summed E-state index contributed by atoms with van der Waals surface area (Å²) in [5.74, 6) is -0.591. The van der Waals surface area contributed by atoms with Crippen LogP contribution >= 0.6 is 0 Å². The zero-order chi connectivity index (χ0) is 14.8. The minimum atomic E-state index is -3.60. The molecule has 1 aliphatic rings. The van der Waals surface area contributed by atoms with E-state index in [9.17, 15) is 12.8 Å². The summed E-state index contributed by atoms with van der Waals surface area (Å²) in [6.45, 7) is 2.52. The lowest BCUT2D eigenvalue weighted by Gasteiger charge is -2.28. The zero-order valence-corrected chi connectivity index (χ0v) is 12.5. The van der Waals surface area contributed by atoms with Gasteiger partial charge in [0, 0.05) is 12.6 Å². The van der Waals surface area contributed by atoms with Crippen LogP contribution in [0.25, 0.3) is 0 Å². The van der Waals surface area contributed by atoms with Crippen LogP contribution in [-0.4, -0.2) is 25.3 Å². The first-order valence-corrected chi connectivity index (χ1v) is 8.47. The average molecular weight is 300 g/mol. The first-order chi connectivity index (χ1) is 9.46. The lowest BCUT2D eigenvalue weighted by molar-refractivity contribution is 0.315. The maximum absolute atomic E-state index is 13.2. The van der Waals surface area contributed by atoms with E-state index in [4.69, 9.17) is 5.73 Å². The van der Waals surface area contributed by atoms with Gasteiger partial charge in [-0.25, -0.2) is 12.8 Å². The third-order valence-corrected chi connectivity index (χ3v) is 5.82. The van der Waals surface area contributed by atoms with Crippen molar-refractivity contribution in [2.45, 2.75) is 50.0 Å². The number of halogens is 1. The molecule has 1 aliphatic heterocycles. The molecule has 1 aromatic rings. The number of hydrogen-bond donors (Lipinski definition) is 1. The minimum Gasteiger partial charge on any atom is -0.396 e. The van der Waals surface area contributed by atoms with Crippen molar-refractivity contribution in [3.63, 3.8) is 0 Å². The fraction of sp³-hybridized carbons (Fsp3) is 0.571. The highest BCUT2D eigenvalue weighted by atomic mass is 32.2. The second-order valence-electron chi connectivity index (χ2n) is 5.21. The van der Waals surface area contributed by atoms with Gasteiger partial charge in [-0.2, -0.15) is 4.31 Å². The van der Waals surface area contributed by atoms with Crippen LogP contribution in [0.1, 0.15) is 39.0 Å². The van der Waals surface area contributed by atoms with Crippen molar-refractivity contribution < 1.29 is 12.8 Å². The molecule has 2 rings (SSSR count). The SMILES string of the molecule is CCC1CCCCCN1S(=O)(=O)c1ccc(F)c(N)c1. The molecule has 1 saturated heterocycles. The highest BCUT2D eigenvalue weighted by Gasteiger charge is 2.31. The maximum atomic E-state index is 13.2. The fourth-order valence-corrected chi connectivity index (χ4v) is 4.50. The van der Waals surface area contributed by atoms with E-state index >= 15 is 0 Å². The van der Waals surface area contributed by atoms with Gasteiger partial charge in [0.25, 0.3) is 0 Å². The van der Waals surface area contributed by atoms with Crippen molar-refractivity contribution >= 4 is 15.7 Å². The number of nitrogens with zero attached hydrogens (tertiary/aromatic N) is 1. The van der Waals surface area contributed by atoms with Crippen LogP contribution in [0, 0.1) is 5.82 Å². The summed E-state index contributed by atoms with van der Waals surface area (Å²) in [6, 6.07) is 3.64. The molecule has 1 atom stereocenters. The highest BCUT2D eigenvalue weighted by Crippen LogP contribution is 2.27. The van der Waals surface area contributed by atoms with Crippen LogP contribution in [-0.2, 0) is 10.0 Å². The molecule has 1 aromatic carbocycles. The number of hydrogen-bond acceptors (Lipinski definition) is 3. The molecule has 0 amide bonds. The Morgan fingerprint density at radius 2 is 2.10 bits per heavy atom. The number of nitrogen functional groups attached to an aromatic ring is 1. The molecule has 2 N–H and O–H groups in total. The van der Waals surface area contributed by atoms with Gasteiger partial charge in [0.05, 0.1) is 10.6 Å². The molecular formula is C14H21FN2O2S. The molecule has 0 spiro atoms. The second kappa shape index (κ2) is 6.10. The van der Waals surface area contributed by atoms with Crippen molar-refractivity contribution in [2.75, 3.05) is 12.3 Å². The van der Waals surface area contributed by atoms with Crippen LogP contribution in [0.15, 0.2) is 23.1 Å². The van der Waals surface area contributed by atoms with Crippen molar-refractivity contribution in [2.24, 2.45) is 0 Å². The minimum absolute atomic E-state index is 0.0220. The summed E-state index contributed by atoms with van der Waals surface area (Å²) in [7, 11) is -3.60. The predicted molar refractivity (Wildman–Crippen MR) is 77.3 cm³/mol. The number of sulfonamides is 1. The average Bonchev–Trinajstić information content (AvgIpc) is 2.67. The molecule has 1 fully saturated rings. The van der Waals surface area contributed by atoms with Crippen LogP contribution in [0.4, 0.5) is 10.1 Å². The highest BCUT2D eigenvalue weighted by molar-refractivity contribution is 7.89. The third-order valence-electron chi connectivity index (χ3n) is 3.87. The van der Waals surface area contributed by atoms with E-state index in [1.807, 2.05) is 6.92 Å². The first kappa shape index (κ1) is 15.3. The zero-order valence-electron chi connectivity index (χ0n) is 11.7. The van der Waals surface area contributed by atoms with Gasteiger partial charge in [0.1, 0.15) is 5.82 Å². The van der Waals surface area contributed by atoms with Gasteiger partial charge in [-0.15, -0.1) is 0 Å². The van der Waals surface area contributed by atoms with Gasteiger partial charge in [-0.3, -0.25) is 0 Å². The van der Waals surface area contributed by atoms with Crippen molar-refractivity contribution in [3.8, 4) is 0 Å². The fourth-order valence-electron chi connectivity index (χ4n) is 2.69. The van der Waals surface area contributed by atoms with Crippen molar-refractivity contribution in [1.29, 1.82) is 0 Å². The van der Waals surface area contributed by atoms with Crippen LogP contribution in [0.5, 0.6) is 0 Å². The molecule has 0 aliphatic carbocycles. The summed E-state index contributed by atoms with van der Waals surface area (Å²) in [5.41, 5.74) is 5.36. The lowest BCUT2D eigenvalue weighted by atomic mass is 10.1. The molecular weight excluding hydrogens is 279 g/mol. The summed E-state index contributed by atoms with van der Waals surface area (Å²) in [4.78, 5) is 0.0803. The van der Waals surface area contributed by atoms with Crippen LogP contribution in [0.3, 0.4) is 0 Å². The van der Waals surface area contributed by atoms with Crippen molar-refractivity contribution in [1.82, 2.24) is 4.31 Å². The molecule has 4 nitrogen and oxygen atoms in total. The first-order valence-electron chi connectivity index (χ1n) is 7.03. The number of anilines is 1. The van der Waals surface area contributed by atoms with E-state index in [0.717, 1.165) is 38.2 Å². The maximum Gasteiger partial charge on any atom is 0.243 e. The third kappa shape index (κ3) is 2.96. The van der Waals surface area contributed by atoms with E-state index in [1.54, 1.807) is 4.31 Å². The molecule has 0 bridgehead atoms. The van der Waals surface area contributed by atoms with Gasteiger partial charge in [0.2, 0.25) is 10.0 Å². The smallest absolute Gasteiger partial charge is 0.243 e. The van der Waals surface area contributed by atoms with Crippen molar-refractivity contribution in [3.05, 3.63) is 24.0 Å². The van der Waals surface area contributed by atoms with E-state index in [2.05, 4.69) is 0 Å². The molecule has 0 radical (unpaired) electrons. The Morgan fingerprint density at radius 1 is 1.35 bits per heavy atom. The normalized spacial score (nSPS) is 21.6. The summed E-state index contributed by atoms with van der Waals surface area (Å²) in [5, 5.41) is 0. The molecule has 6 heteroatoms. The topological polar surface area (TPSA) is 63.4 Å². The van der Waals surface area contributed by atoms with E-state index in [1.165, 1.54) is 12.1 Å². The van der Waals surface area contributed by atoms with E-state index < -0.39 is 15.8 Å². The largest absolute Gasteiger partial charge is 0.396 e. The molecule has 0 aromatic heterocycles. The van der Waals surface area contributed by atoms with Crippen LogP contribution < -0.4 is 5.73 Å². The quantitative estimate of drug-likeness (QED) is 0.873. The van der Waals surface area contributed by atoms with Gasteiger partial charge in [-0.1, -0.05) is 19.8 Å². The summed E-state index contributed by atoms with van der Waals surface area (Å²) < 4.78 is 40.2. The molecule has 112 valence electrons. The van der Waals surface area contributed by atoms with Gasteiger partial charge < -0.3 is 5.73 Å². The summed E-state index contributed by atoms with van der Waals surface area (Å²) >= 11 is 0. The number of benzene rings is 1. The standard InChI is InChI=1S/C14H21FN2O2S/c1-2-11-6-4-3-5-9-17(11)20(18,19)12-7-8-13(15)14(16)10-12/h7-8,10-11H,2-6,9,16H2,1H3. The van der Waals surface area contributed by atoms with E-state index in [0.29, 0.717) is 6.54 Å². The molecule has 1 unspecified atom stereocenters. The monoisotopic (exact) mass is 300 g/mol. The van der Waals surface area contributed by atoms with Gasteiger partial charge in [0.15, 0.2) is 0 Å². The molecule has 1 heterocycles. The molecule has 0 saturated carbocycles. The van der Waals surface area contributed by atoms with E-state index in [-0.39, 0.29) is 16.6 Å². The second-order valence-corrected chi connectivity index (χ2v) is 7.10. The van der Waals surface area contributed by atoms with Crippen LogP contribution in [0.2, 0.25) is 0 Å². The Kier molecular flexibility index (Phi) is 4.65. The Bertz CT molecular complexity index is 575. The Morgan fingerprint density at radius 3 is 2.75 bits per heavy atom. The van der Waals surface area contributed by atoms with Gasteiger partial charge >= 0.3 is 0 Å². The predicted octanol–water partition coefficient (Wildman–Crippen LogP) is 2.75. The lowest BCUT2D eigenvalue weighted by Crippen LogP contribution is -2.39. The van der Waals surface area contributed by atoms with Gasteiger partial charge in [-0.05, 0) is 37.5 Å². The molecule has 20 heavy (non-hydrogen) atoms. The Labute approximate surface area is 119 Å². The Hall–Kier alpha value is -1.14.